The minimum Gasteiger partial charge on any atom is -0.506 e. The molecule has 0 radical (unpaired) electrons. The van der Waals surface area contributed by atoms with E-state index < -0.39 is 0 Å². The summed E-state index contributed by atoms with van der Waals surface area (Å²) in [4.78, 5) is 12.7. The average molecular weight is 494 g/mol. The molecule has 0 aliphatic heterocycles. The summed E-state index contributed by atoms with van der Waals surface area (Å²) >= 11 is 12.0. The van der Waals surface area contributed by atoms with Gasteiger partial charge in [-0.05, 0) is 75.7 Å². The number of rotatable bonds is 2. The molecule has 0 heterocycles. The maximum Gasteiger partial charge on any atom is 0.258 e. The molecular weight excluding hydrogens is 480 g/mol. The van der Waals surface area contributed by atoms with Crippen molar-refractivity contribution in [2.75, 3.05) is 5.32 Å². The Morgan fingerprint density at radius 2 is 1.73 bits per heavy atom. The Morgan fingerprint density at radius 1 is 1.04 bits per heavy atom. The lowest BCUT2D eigenvalue weighted by atomic mass is 10.0. The lowest BCUT2D eigenvalue weighted by Crippen LogP contribution is -2.34. The van der Waals surface area contributed by atoms with Crippen molar-refractivity contribution in [2.24, 2.45) is 0 Å². The Hall–Kier alpha value is -1.96. The average Bonchev–Trinajstić information content (AvgIpc) is 2.59. The number of fused-ring (bicyclic) bond motifs is 1. The molecule has 0 aliphatic rings. The number of carbonyl (C=O) groups is 1. The Balaban J connectivity index is 1.80. The van der Waals surface area contributed by atoms with Crippen molar-refractivity contribution in [3.05, 3.63) is 68.6 Å². The van der Waals surface area contributed by atoms with Gasteiger partial charge in [-0.3, -0.25) is 10.1 Å². The van der Waals surface area contributed by atoms with Gasteiger partial charge >= 0.3 is 0 Å². The standard InChI is InChI=1S/C19H14Br2N2O2S/c1-10-8-11(9-16(21)17(10)24)22-19(26)23-18(25)14-6-2-5-13-12(14)4-3-7-15(13)20/h2-9,24H,1H3,(H2,22,23,25,26). The first kappa shape index (κ1) is 18.8. The second kappa shape index (κ2) is 7.73. The Labute approximate surface area is 172 Å². The highest BCUT2D eigenvalue weighted by Crippen LogP contribution is 2.31. The third-order valence-electron chi connectivity index (χ3n) is 3.85. The largest absolute Gasteiger partial charge is 0.506 e. The van der Waals surface area contributed by atoms with Gasteiger partial charge in [0.15, 0.2) is 5.11 Å². The van der Waals surface area contributed by atoms with Crippen LogP contribution < -0.4 is 10.6 Å². The number of hydrogen-bond acceptors (Lipinski definition) is 3. The first-order chi connectivity index (χ1) is 12.4. The maximum atomic E-state index is 12.7. The lowest BCUT2D eigenvalue weighted by molar-refractivity contribution is 0.0979. The summed E-state index contributed by atoms with van der Waals surface area (Å²) in [5.74, 6) is -0.118. The molecule has 0 unspecified atom stereocenters. The van der Waals surface area contributed by atoms with Crippen LogP contribution in [0.5, 0.6) is 5.75 Å². The van der Waals surface area contributed by atoms with E-state index in [1.165, 1.54) is 0 Å². The third-order valence-corrected chi connectivity index (χ3v) is 5.35. The molecule has 3 rings (SSSR count). The van der Waals surface area contributed by atoms with Crippen molar-refractivity contribution in [3.63, 3.8) is 0 Å². The summed E-state index contributed by atoms with van der Waals surface area (Å²) < 4.78 is 1.47. The van der Waals surface area contributed by atoms with Gasteiger partial charge in [0.05, 0.1) is 4.47 Å². The van der Waals surface area contributed by atoms with E-state index in [4.69, 9.17) is 12.2 Å². The first-order valence-electron chi connectivity index (χ1n) is 7.65. The monoisotopic (exact) mass is 492 g/mol. The quantitative estimate of drug-likeness (QED) is 0.325. The number of phenols is 1. The number of aromatic hydroxyl groups is 1. The second-order valence-electron chi connectivity index (χ2n) is 5.67. The summed E-state index contributed by atoms with van der Waals surface area (Å²) in [5, 5.41) is 17.4. The normalized spacial score (nSPS) is 10.6. The number of benzene rings is 3. The molecule has 4 nitrogen and oxygen atoms in total. The van der Waals surface area contributed by atoms with Crippen LogP contribution in [-0.4, -0.2) is 16.1 Å². The minimum atomic E-state index is -0.291. The molecule has 1 amide bonds. The summed E-state index contributed by atoms with van der Waals surface area (Å²) in [7, 11) is 0. The minimum absolute atomic E-state index is 0.173. The van der Waals surface area contributed by atoms with Gasteiger partial charge in [0.2, 0.25) is 0 Å². The van der Waals surface area contributed by atoms with E-state index in [-0.39, 0.29) is 16.8 Å². The van der Waals surface area contributed by atoms with E-state index >= 15 is 0 Å². The molecule has 0 bridgehead atoms. The zero-order valence-electron chi connectivity index (χ0n) is 13.6. The van der Waals surface area contributed by atoms with Gasteiger partial charge in [-0.25, -0.2) is 0 Å². The SMILES string of the molecule is Cc1cc(NC(=S)NC(=O)c2cccc3c(Br)cccc23)cc(Br)c1O. The fraction of sp³-hybridized carbons (Fsp3) is 0.0526. The summed E-state index contributed by atoms with van der Waals surface area (Å²) in [6.45, 7) is 1.78. The van der Waals surface area contributed by atoms with Gasteiger partial charge in [-0.2, -0.15) is 0 Å². The third kappa shape index (κ3) is 3.90. The zero-order valence-corrected chi connectivity index (χ0v) is 17.6. The number of hydrogen-bond donors (Lipinski definition) is 3. The number of amides is 1. The topological polar surface area (TPSA) is 61.4 Å². The molecule has 7 heteroatoms. The molecule has 0 aliphatic carbocycles. The maximum absolute atomic E-state index is 12.7. The van der Waals surface area contributed by atoms with Crippen LogP contribution in [0.1, 0.15) is 15.9 Å². The van der Waals surface area contributed by atoms with Crippen molar-refractivity contribution >= 4 is 71.6 Å². The van der Waals surface area contributed by atoms with Gasteiger partial charge in [0.25, 0.3) is 5.91 Å². The van der Waals surface area contributed by atoms with Crippen molar-refractivity contribution in [1.29, 1.82) is 0 Å². The van der Waals surface area contributed by atoms with Crippen molar-refractivity contribution < 1.29 is 9.90 Å². The van der Waals surface area contributed by atoms with Crippen LogP contribution in [0.15, 0.2) is 57.5 Å². The molecule has 0 spiro atoms. The van der Waals surface area contributed by atoms with Gasteiger partial charge in [0, 0.05) is 15.7 Å². The highest BCUT2D eigenvalue weighted by Gasteiger charge is 2.13. The molecule has 0 aromatic heterocycles. The Kier molecular flexibility index (Phi) is 5.60. The number of thiocarbonyl (C=S) groups is 1. The molecule has 132 valence electrons. The molecule has 0 atom stereocenters. The predicted molar refractivity (Wildman–Crippen MR) is 116 cm³/mol. The van der Waals surface area contributed by atoms with Crippen molar-refractivity contribution in [1.82, 2.24) is 5.32 Å². The van der Waals surface area contributed by atoms with E-state index in [1.54, 1.807) is 25.1 Å². The van der Waals surface area contributed by atoms with Crippen LogP contribution in [0, 0.1) is 6.92 Å². The van der Waals surface area contributed by atoms with Crippen LogP contribution in [0.3, 0.4) is 0 Å². The Bertz CT molecular complexity index is 1010. The van der Waals surface area contributed by atoms with E-state index in [1.807, 2.05) is 30.3 Å². The van der Waals surface area contributed by atoms with Crippen molar-refractivity contribution in [3.8, 4) is 5.75 Å². The van der Waals surface area contributed by atoms with E-state index in [9.17, 15) is 9.90 Å². The number of aryl methyl sites for hydroxylation is 1. The molecular formula is C19H14Br2N2O2S. The molecule has 0 saturated heterocycles. The van der Waals surface area contributed by atoms with Gasteiger partial charge in [-0.15, -0.1) is 0 Å². The summed E-state index contributed by atoms with van der Waals surface area (Å²) in [5.41, 5.74) is 1.89. The fourth-order valence-corrected chi connectivity index (χ4v) is 3.88. The smallest absolute Gasteiger partial charge is 0.258 e. The highest BCUT2D eigenvalue weighted by molar-refractivity contribution is 9.11. The highest BCUT2D eigenvalue weighted by atomic mass is 79.9. The number of phenolic OH excluding ortho intramolecular Hbond substituents is 1. The van der Waals surface area contributed by atoms with Crippen LogP contribution in [0.25, 0.3) is 10.8 Å². The molecule has 26 heavy (non-hydrogen) atoms. The zero-order chi connectivity index (χ0) is 18.8. The summed E-state index contributed by atoms with van der Waals surface area (Å²) in [6, 6.07) is 14.7. The van der Waals surface area contributed by atoms with Crippen molar-refractivity contribution in [2.45, 2.75) is 6.92 Å². The molecule has 3 aromatic rings. The van der Waals surface area contributed by atoms with Gasteiger partial charge in [-0.1, -0.05) is 40.2 Å². The van der Waals surface area contributed by atoms with E-state index in [0.29, 0.717) is 21.3 Å². The summed E-state index contributed by atoms with van der Waals surface area (Å²) in [6.07, 6.45) is 0. The first-order valence-corrected chi connectivity index (χ1v) is 9.65. The van der Waals surface area contributed by atoms with Gasteiger partial charge in [0.1, 0.15) is 5.75 Å². The number of anilines is 1. The fourth-order valence-electron chi connectivity index (χ4n) is 2.61. The predicted octanol–water partition coefficient (Wildman–Crippen LogP) is 5.51. The Morgan fingerprint density at radius 3 is 2.46 bits per heavy atom. The van der Waals surface area contributed by atoms with Gasteiger partial charge < -0.3 is 10.4 Å². The molecule has 0 saturated carbocycles. The molecule has 0 fully saturated rings. The van der Waals surface area contributed by atoms with E-state index in [2.05, 4.69) is 42.5 Å². The molecule has 3 aromatic carbocycles. The number of nitrogens with one attached hydrogen (secondary N) is 2. The van der Waals surface area contributed by atoms with Crippen LogP contribution in [0.4, 0.5) is 5.69 Å². The lowest BCUT2D eigenvalue weighted by Gasteiger charge is -2.13. The van der Waals surface area contributed by atoms with E-state index in [0.717, 1.165) is 15.2 Å². The second-order valence-corrected chi connectivity index (χ2v) is 7.79. The van der Waals surface area contributed by atoms with Crippen LogP contribution in [0.2, 0.25) is 0 Å². The number of carbonyl (C=O) groups excluding carboxylic acids is 1. The molecule has 3 N–H and O–H groups in total. The van der Waals surface area contributed by atoms with Crippen LogP contribution in [-0.2, 0) is 0 Å². The number of halogens is 2. The van der Waals surface area contributed by atoms with Crippen LogP contribution >= 0.6 is 44.1 Å².